The summed E-state index contributed by atoms with van der Waals surface area (Å²) in [6, 6.07) is 0.190. The third-order valence-corrected chi connectivity index (χ3v) is 2.42. The van der Waals surface area contributed by atoms with E-state index in [1.807, 2.05) is 0 Å². The minimum absolute atomic E-state index is 0.146. The van der Waals surface area contributed by atoms with Gasteiger partial charge in [-0.3, -0.25) is 4.90 Å². The van der Waals surface area contributed by atoms with Gasteiger partial charge in [0.2, 0.25) is 0 Å². The van der Waals surface area contributed by atoms with Crippen molar-refractivity contribution in [3.63, 3.8) is 0 Å². The van der Waals surface area contributed by atoms with Crippen LogP contribution in [0.2, 0.25) is 0 Å². The van der Waals surface area contributed by atoms with Crippen molar-refractivity contribution in [1.82, 2.24) is 4.90 Å². The van der Waals surface area contributed by atoms with Crippen LogP contribution in [0.5, 0.6) is 0 Å². The van der Waals surface area contributed by atoms with Crippen LogP contribution >= 0.6 is 0 Å². The van der Waals surface area contributed by atoms with E-state index in [-0.39, 0.29) is 18.3 Å². The Hall–Kier alpha value is -0.110. The van der Waals surface area contributed by atoms with Crippen LogP contribution in [0.15, 0.2) is 0 Å². The van der Waals surface area contributed by atoms with Gasteiger partial charge in [0.15, 0.2) is 0 Å². The maximum absolute atomic E-state index is 12.4. The Morgan fingerprint density at radius 2 is 2.09 bits per heavy atom. The van der Waals surface area contributed by atoms with Crippen molar-refractivity contribution in [2.75, 3.05) is 13.2 Å². The third-order valence-electron chi connectivity index (χ3n) is 2.42. The number of hydrogen-bond acceptors (Lipinski definition) is 1. The molecule has 1 aliphatic rings. The Morgan fingerprint density at radius 1 is 1.45 bits per heavy atom. The first-order valence-corrected chi connectivity index (χ1v) is 4.38. The molecule has 2 heteroatoms. The van der Waals surface area contributed by atoms with E-state index in [2.05, 4.69) is 25.7 Å². The standard InChI is InChI=1S/C9H18FN/c1-9(2,3)11-6-4-5-8(11)7-10/h8H,4-7H2,1-3H3/t8-/m1/s1. The monoisotopic (exact) mass is 159 g/mol. The first-order valence-electron chi connectivity index (χ1n) is 4.38. The highest BCUT2D eigenvalue weighted by Crippen LogP contribution is 2.26. The fourth-order valence-electron chi connectivity index (χ4n) is 1.88. The van der Waals surface area contributed by atoms with E-state index in [0.717, 1.165) is 19.4 Å². The van der Waals surface area contributed by atoms with E-state index in [0.29, 0.717) is 0 Å². The largest absolute Gasteiger partial charge is 0.293 e. The summed E-state index contributed by atoms with van der Waals surface area (Å²) in [5, 5.41) is 0. The normalized spacial score (nSPS) is 27.8. The van der Waals surface area contributed by atoms with Crippen molar-refractivity contribution in [2.24, 2.45) is 0 Å². The van der Waals surface area contributed by atoms with E-state index in [9.17, 15) is 4.39 Å². The minimum atomic E-state index is -0.183. The van der Waals surface area contributed by atoms with Gasteiger partial charge in [0.25, 0.3) is 0 Å². The SMILES string of the molecule is CC(C)(C)N1CCC[C@@H]1CF. The molecule has 0 radical (unpaired) electrons. The lowest BCUT2D eigenvalue weighted by molar-refractivity contribution is 0.105. The molecule has 0 bridgehead atoms. The van der Waals surface area contributed by atoms with Crippen LogP contribution in [0.1, 0.15) is 33.6 Å². The Balaban J connectivity index is 2.57. The van der Waals surface area contributed by atoms with Crippen LogP contribution in [0.4, 0.5) is 4.39 Å². The zero-order valence-electron chi connectivity index (χ0n) is 7.73. The van der Waals surface area contributed by atoms with Crippen molar-refractivity contribution < 1.29 is 4.39 Å². The van der Waals surface area contributed by atoms with Crippen LogP contribution in [0.25, 0.3) is 0 Å². The first kappa shape index (κ1) is 8.98. The van der Waals surface area contributed by atoms with Crippen molar-refractivity contribution in [3.05, 3.63) is 0 Å². The molecular weight excluding hydrogens is 141 g/mol. The van der Waals surface area contributed by atoms with E-state index in [1.54, 1.807) is 0 Å². The molecule has 0 unspecified atom stereocenters. The van der Waals surface area contributed by atoms with Crippen molar-refractivity contribution in [2.45, 2.75) is 45.2 Å². The second-order valence-electron chi connectivity index (χ2n) is 4.31. The molecule has 1 saturated heterocycles. The zero-order valence-corrected chi connectivity index (χ0v) is 7.73. The lowest BCUT2D eigenvalue weighted by Crippen LogP contribution is -2.45. The van der Waals surface area contributed by atoms with Gasteiger partial charge in [0.05, 0.1) is 0 Å². The number of hydrogen-bond donors (Lipinski definition) is 0. The molecule has 0 aromatic rings. The van der Waals surface area contributed by atoms with E-state index < -0.39 is 0 Å². The second-order valence-corrected chi connectivity index (χ2v) is 4.31. The summed E-state index contributed by atoms with van der Waals surface area (Å²) < 4.78 is 12.4. The minimum Gasteiger partial charge on any atom is -0.293 e. The molecule has 0 saturated carbocycles. The fourth-order valence-corrected chi connectivity index (χ4v) is 1.88. The molecule has 0 spiro atoms. The van der Waals surface area contributed by atoms with Gasteiger partial charge < -0.3 is 0 Å². The quantitative estimate of drug-likeness (QED) is 0.567. The molecule has 0 aromatic heterocycles. The lowest BCUT2D eigenvalue weighted by Gasteiger charge is -2.35. The number of alkyl halides is 1. The fraction of sp³-hybridized carbons (Fsp3) is 1.00. The van der Waals surface area contributed by atoms with Gasteiger partial charge in [-0.2, -0.15) is 0 Å². The molecule has 1 atom stereocenters. The number of nitrogens with zero attached hydrogens (tertiary/aromatic N) is 1. The molecule has 11 heavy (non-hydrogen) atoms. The molecule has 66 valence electrons. The van der Waals surface area contributed by atoms with Gasteiger partial charge in [-0.1, -0.05) is 0 Å². The average Bonchev–Trinajstić information content (AvgIpc) is 2.31. The van der Waals surface area contributed by atoms with Crippen molar-refractivity contribution in [1.29, 1.82) is 0 Å². The highest BCUT2D eigenvalue weighted by atomic mass is 19.1. The smallest absolute Gasteiger partial charge is 0.105 e. The van der Waals surface area contributed by atoms with E-state index >= 15 is 0 Å². The topological polar surface area (TPSA) is 3.24 Å². The van der Waals surface area contributed by atoms with E-state index in [1.165, 1.54) is 0 Å². The Kier molecular flexibility index (Phi) is 2.53. The van der Waals surface area contributed by atoms with Gasteiger partial charge in [-0.15, -0.1) is 0 Å². The Bertz CT molecular complexity index is 128. The van der Waals surface area contributed by atoms with Gasteiger partial charge in [-0.25, -0.2) is 4.39 Å². The Labute approximate surface area is 68.6 Å². The summed E-state index contributed by atoms with van der Waals surface area (Å²) in [7, 11) is 0. The number of halogens is 1. The zero-order chi connectivity index (χ0) is 8.48. The highest BCUT2D eigenvalue weighted by Gasteiger charge is 2.32. The summed E-state index contributed by atoms with van der Waals surface area (Å²) in [6.07, 6.45) is 2.19. The Morgan fingerprint density at radius 3 is 2.45 bits per heavy atom. The highest BCUT2D eigenvalue weighted by molar-refractivity contribution is 4.87. The number of rotatable bonds is 1. The summed E-state index contributed by atoms with van der Waals surface area (Å²) in [5.74, 6) is 0. The van der Waals surface area contributed by atoms with Gasteiger partial charge in [-0.05, 0) is 40.2 Å². The van der Waals surface area contributed by atoms with Crippen LogP contribution in [-0.2, 0) is 0 Å². The van der Waals surface area contributed by atoms with Crippen molar-refractivity contribution in [3.8, 4) is 0 Å². The van der Waals surface area contributed by atoms with Gasteiger partial charge in [0, 0.05) is 11.6 Å². The van der Waals surface area contributed by atoms with Crippen LogP contribution < -0.4 is 0 Å². The molecule has 1 heterocycles. The molecule has 1 rings (SSSR count). The van der Waals surface area contributed by atoms with Crippen LogP contribution in [0.3, 0.4) is 0 Å². The molecule has 0 N–H and O–H groups in total. The second kappa shape index (κ2) is 3.10. The van der Waals surface area contributed by atoms with Gasteiger partial charge >= 0.3 is 0 Å². The summed E-state index contributed by atoms with van der Waals surface area (Å²) in [4.78, 5) is 2.27. The van der Waals surface area contributed by atoms with Crippen LogP contribution in [-0.4, -0.2) is 29.7 Å². The lowest BCUT2D eigenvalue weighted by atomic mass is 10.1. The molecule has 0 aliphatic carbocycles. The van der Waals surface area contributed by atoms with E-state index in [4.69, 9.17) is 0 Å². The van der Waals surface area contributed by atoms with Crippen molar-refractivity contribution >= 4 is 0 Å². The first-order chi connectivity index (χ1) is 5.05. The molecule has 1 fully saturated rings. The summed E-state index contributed by atoms with van der Waals surface area (Å²) in [6.45, 7) is 7.35. The molecular formula is C9H18FN. The maximum Gasteiger partial charge on any atom is 0.105 e. The summed E-state index contributed by atoms with van der Waals surface area (Å²) >= 11 is 0. The van der Waals surface area contributed by atoms with Crippen LogP contribution in [0, 0.1) is 0 Å². The predicted octanol–water partition coefficient (Wildman–Crippen LogP) is 2.22. The summed E-state index contributed by atoms with van der Waals surface area (Å²) in [5.41, 5.74) is 0.146. The number of likely N-dealkylation sites (tertiary alicyclic amines) is 1. The third kappa shape index (κ3) is 1.92. The predicted molar refractivity (Wildman–Crippen MR) is 45.5 cm³/mol. The molecule has 0 amide bonds. The maximum atomic E-state index is 12.4. The molecule has 1 nitrogen and oxygen atoms in total. The van der Waals surface area contributed by atoms with Gasteiger partial charge in [0.1, 0.15) is 6.67 Å². The molecule has 0 aromatic carbocycles. The molecule has 1 aliphatic heterocycles. The average molecular weight is 159 g/mol.